The molecule has 7 nitrogen and oxygen atoms in total. The van der Waals surface area contributed by atoms with Crippen LogP contribution >= 0.6 is 39.3 Å². The van der Waals surface area contributed by atoms with E-state index in [1.54, 1.807) is 18.3 Å². The van der Waals surface area contributed by atoms with E-state index in [0.717, 1.165) is 15.9 Å². The molecule has 25 heavy (non-hydrogen) atoms. The first-order chi connectivity index (χ1) is 12.0. The Hall–Kier alpha value is -2.10. The molecule has 126 valence electrons. The topological polar surface area (TPSA) is 89.1 Å². The summed E-state index contributed by atoms with van der Waals surface area (Å²) in [4.78, 5) is 22.5. The molecular formula is C15H9BrClN5O2S. The van der Waals surface area contributed by atoms with Crippen LogP contribution < -0.4 is 0 Å². The number of nitrogens with zero attached hydrogens (tertiary/aromatic N) is 4. The maximum Gasteiger partial charge on any atom is 0.271 e. The molecule has 0 unspecified atom stereocenters. The van der Waals surface area contributed by atoms with Crippen LogP contribution in [0, 0.1) is 10.1 Å². The van der Waals surface area contributed by atoms with Crippen molar-refractivity contribution in [2.75, 3.05) is 0 Å². The Balaban J connectivity index is 1.60. The number of pyridine rings is 1. The molecule has 0 aliphatic carbocycles. The van der Waals surface area contributed by atoms with Crippen molar-refractivity contribution in [3.8, 4) is 0 Å². The number of nitro benzene ring substituents is 1. The lowest BCUT2D eigenvalue weighted by Crippen LogP contribution is -1.86. The SMILES string of the molecule is O=[N+]([O-])c1ccc2nc(SCc3nc4ccc(Cl)cn4c3Br)[nH]c2c1. The zero-order valence-electron chi connectivity index (χ0n) is 12.4. The van der Waals surface area contributed by atoms with Gasteiger partial charge in [-0.2, -0.15) is 0 Å². The molecule has 4 aromatic rings. The Labute approximate surface area is 158 Å². The molecule has 10 heteroatoms. The van der Waals surface area contributed by atoms with Crippen LogP contribution in [0.4, 0.5) is 5.69 Å². The average molecular weight is 439 g/mol. The number of nitrogens with one attached hydrogen (secondary N) is 1. The summed E-state index contributed by atoms with van der Waals surface area (Å²) in [5, 5.41) is 12.2. The summed E-state index contributed by atoms with van der Waals surface area (Å²) in [6.45, 7) is 0. The van der Waals surface area contributed by atoms with Gasteiger partial charge in [-0.3, -0.25) is 14.5 Å². The minimum Gasteiger partial charge on any atom is -0.333 e. The molecular weight excluding hydrogens is 430 g/mol. The van der Waals surface area contributed by atoms with Crippen molar-refractivity contribution in [2.24, 2.45) is 0 Å². The van der Waals surface area contributed by atoms with Gasteiger partial charge >= 0.3 is 0 Å². The molecule has 0 fully saturated rings. The number of hydrogen-bond donors (Lipinski definition) is 1. The van der Waals surface area contributed by atoms with Crippen LogP contribution in [0.25, 0.3) is 16.7 Å². The number of rotatable bonds is 4. The molecule has 0 aliphatic rings. The van der Waals surface area contributed by atoms with Gasteiger partial charge in [-0.15, -0.1) is 0 Å². The van der Waals surface area contributed by atoms with Gasteiger partial charge < -0.3 is 4.98 Å². The van der Waals surface area contributed by atoms with Gasteiger partial charge in [0, 0.05) is 24.1 Å². The van der Waals surface area contributed by atoms with Crippen LogP contribution in [0.5, 0.6) is 0 Å². The van der Waals surface area contributed by atoms with E-state index in [1.165, 1.54) is 23.9 Å². The van der Waals surface area contributed by atoms with Crippen molar-refractivity contribution >= 4 is 61.7 Å². The smallest absolute Gasteiger partial charge is 0.271 e. The molecule has 0 saturated carbocycles. The number of non-ortho nitro benzene ring substituents is 1. The first-order valence-electron chi connectivity index (χ1n) is 7.10. The molecule has 0 amide bonds. The fourth-order valence-electron chi connectivity index (χ4n) is 2.42. The minimum atomic E-state index is -0.425. The largest absolute Gasteiger partial charge is 0.333 e. The number of aromatic nitrogens is 4. The van der Waals surface area contributed by atoms with E-state index < -0.39 is 4.92 Å². The van der Waals surface area contributed by atoms with E-state index in [1.807, 2.05) is 10.5 Å². The Morgan fingerprint density at radius 1 is 1.32 bits per heavy atom. The highest BCUT2D eigenvalue weighted by Gasteiger charge is 2.13. The van der Waals surface area contributed by atoms with Crippen molar-refractivity contribution in [3.63, 3.8) is 0 Å². The normalized spacial score (nSPS) is 11.4. The number of halogens is 2. The van der Waals surface area contributed by atoms with Gasteiger partial charge in [-0.05, 0) is 34.1 Å². The number of H-pyrrole nitrogens is 1. The van der Waals surface area contributed by atoms with Gasteiger partial charge in [0.25, 0.3) is 5.69 Å². The second kappa shape index (κ2) is 6.32. The Morgan fingerprint density at radius 3 is 2.96 bits per heavy atom. The van der Waals surface area contributed by atoms with Gasteiger partial charge in [0.05, 0.1) is 26.7 Å². The van der Waals surface area contributed by atoms with Crippen molar-refractivity contribution in [1.82, 2.24) is 19.4 Å². The summed E-state index contributed by atoms with van der Waals surface area (Å²) in [7, 11) is 0. The summed E-state index contributed by atoms with van der Waals surface area (Å²) < 4.78 is 2.71. The third kappa shape index (κ3) is 3.10. The summed E-state index contributed by atoms with van der Waals surface area (Å²) in [5.74, 6) is 0.585. The number of hydrogen-bond acceptors (Lipinski definition) is 5. The van der Waals surface area contributed by atoms with Crippen LogP contribution in [0.15, 0.2) is 46.3 Å². The maximum absolute atomic E-state index is 10.8. The third-order valence-corrected chi connectivity index (χ3v) is 5.54. The van der Waals surface area contributed by atoms with E-state index in [4.69, 9.17) is 11.6 Å². The quantitative estimate of drug-likeness (QED) is 0.280. The summed E-state index contributed by atoms with van der Waals surface area (Å²) in [5.41, 5.74) is 3.02. The highest BCUT2D eigenvalue weighted by atomic mass is 79.9. The fraction of sp³-hybridized carbons (Fsp3) is 0.0667. The highest BCUT2D eigenvalue weighted by molar-refractivity contribution is 9.10. The number of imidazole rings is 2. The number of nitro groups is 1. The van der Waals surface area contributed by atoms with Gasteiger partial charge in [0.2, 0.25) is 0 Å². The Bertz CT molecular complexity index is 1130. The van der Waals surface area contributed by atoms with Crippen molar-refractivity contribution < 1.29 is 4.92 Å². The Morgan fingerprint density at radius 2 is 2.16 bits per heavy atom. The summed E-state index contributed by atoms with van der Waals surface area (Å²) >= 11 is 11.0. The number of thioether (sulfide) groups is 1. The standard InChI is InChI=1S/C15H9BrClN5O2S/c16-14-12(18-13-4-1-8(17)6-21(13)14)7-25-15-19-10-3-2-9(22(23)24)5-11(10)20-15/h1-6H,7H2,(H,19,20). The van der Waals surface area contributed by atoms with Gasteiger partial charge in [-0.25, -0.2) is 9.97 Å². The van der Waals surface area contributed by atoms with Gasteiger partial charge in [-0.1, -0.05) is 23.4 Å². The molecule has 1 N–H and O–H groups in total. The third-order valence-electron chi connectivity index (χ3n) is 3.59. The molecule has 0 atom stereocenters. The minimum absolute atomic E-state index is 0.0349. The second-order valence-corrected chi connectivity index (χ2v) is 7.37. The van der Waals surface area contributed by atoms with Crippen LogP contribution in [-0.4, -0.2) is 24.3 Å². The molecule has 0 aliphatic heterocycles. The van der Waals surface area contributed by atoms with Crippen LogP contribution in [-0.2, 0) is 5.75 Å². The lowest BCUT2D eigenvalue weighted by molar-refractivity contribution is -0.384. The van der Waals surface area contributed by atoms with E-state index in [2.05, 4.69) is 30.9 Å². The first-order valence-corrected chi connectivity index (χ1v) is 9.26. The predicted octanol–water partition coefficient (Wildman–Crippen LogP) is 4.83. The van der Waals surface area contributed by atoms with Crippen LogP contribution in [0.1, 0.15) is 5.69 Å². The molecule has 0 saturated heterocycles. The molecule has 3 aromatic heterocycles. The lowest BCUT2D eigenvalue weighted by atomic mass is 10.3. The summed E-state index contributed by atoms with van der Waals surface area (Å²) in [6.07, 6.45) is 1.79. The molecule has 0 radical (unpaired) electrons. The fourth-order valence-corrected chi connectivity index (χ4v) is 4.10. The van der Waals surface area contributed by atoms with E-state index in [9.17, 15) is 10.1 Å². The van der Waals surface area contributed by atoms with E-state index in [0.29, 0.717) is 27.0 Å². The van der Waals surface area contributed by atoms with Gasteiger partial charge in [0.15, 0.2) is 5.16 Å². The van der Waals surface area contributed by atoms with E-state index in [-0.39, 0.29) is 5.69 Å². The first kappa shape index (κ1) is 16.4. The summed E-state index contributed by atoms with van der Waals surface area (Å²) in [6, 6.07) is 8.20. The molecule has 0 bridgehead atoms. The van der Waals surface area contributed by atoms with E-state index >= 15 is 0 Å². The molecule has 0 spiro atoms. The van der Waals surface area contributed by atoms with Crippen LogP contribution in [0.3, 0.4) is 0 Å². The van der Waals surface area contributed by atoms with Crippen molar-refractivity contribution in [1.29, 1.82) is 0 Å². The van der Waals surface area contributed by atoms with Crippen LogP contribution in [0.2, 0.25) is 5.02 Å². The molecule has 1 aromatic carbocycles. The highest BCUT2D eigenvalue weighted by Crippen LogP contribution is 2.29. The number of fused-ring (bicyclic) bond motifs is 2. The Kier molecular flexibility index (Phi) is 4.14. The van der Waals surface area contributed by atoms with Crippen molar-refractivity contribution in [2.45, 2.75) is 10.9 Å². The lowest BCUT2D eigenvalue weighted by Gasteiger charge is -1.97. The van der Waals surface area contributed by atoms with Crippen molar-refractivity contribution in [3.05, 3.63) is 62.0 Å². The zero-order valence-corrected chi connectivity index (χ0v) is 15.6. The molecule has 3 heterocycles. The monoisotopic (exact) mass is 437 g/mol. The molecule has 4 rings (SSSR count). The maximum atomic E-state index is 10.8. The second-order valence-electron chi connectivity index (χ2n) is 5.21. The number of benzene rings is 1. The predicted molar refractivity (Wildman–Crippen MR) is 100 cm³/mol. The number of aromatic amines is 1. The average Bonchev–Trinajstić information content (AvgIpc) is 3.13. The van der Waals surface area contributed by atoms with Gasteiger partial charge in [0.1, 0.15) is 10.3 Å². The zero-order chi connectivity index (χ0) is 17.6.